The highest BCUT2D eigenvalue weighted by Gasteiger charge is 2.19. The fraction of sp³-hybridized carbons (Fsp3) is 0.273. The molecule has 1 aromatic heterocycles. The van der Waals surface area contributed by atoms with Crippen molar-refractivity contribution in [1.82, 2.24) is 14.8 Å². The monoisotopic (exact) mass is 456 g/mol. The van der Waals surface area contributed by atoms with Gasteiger partial charge < -0.3 is 4.18 Å². The van der Waals surface area contributed by atoms with Crippen LogP contribution in [0, 0.1) is 19.3 Å². The number of aromatic nitrogens is 3. The van der Waals surface area contributed by atoms with E-state index >= 15 is 0 Å². The van der Waals surface area contributed by atoms with Gasteiger partial charge in [-0.2, -0.15) is 18.7 Å². The lowest BCUT2D eigenvalue weighted by atomic mass is 9.84. The van der Waals surface area contributed by atoms with Gasteiger partial charge in [0.05, 0.1) is 12.0 Å². The summed E-state index contributed by atoms with van der Waals surface area (Å²) in [6, 6.07) is 11.7. The zero-order valence-electron chi connectivity index (χ0n) is 17.6. The second-order valence-electron chi connectivity index (χ2n) is 7.69. The molecule has 3 rings (SSSR count). The topological polar surface area (TPSA) is 100 Å². The van der Waals surface area contributed by atoms with Crippen molar-refractivity contribution in [3.8, 4) is 18.1 Å². The summed E-state index contributed by atoms with van der Waals surface area (Å²) in [7, 11) is -4.05. The van der Waals surface area contributed by atoms with E-state index in [0.29, 0.717) is 17.9 Å². The minimum atomic E-state index is -4.05. The zero-order chi connectivity index (χ0) is 22.6. The second-order valence-corrected chi connectivity index (χ2v) is 9.89. The van der Waals surface area contributed by atoms with Gasteiger partial charge in [-0.3, -0.25) is 0 Å². The summed E-state index contributed by atoms with van der Waals surface area (Å²) >= 11 is 1.64. The summed E-state index contributed by atoms with van der Waals surface area (Å²) in [6.07, 6.45) is 8.96. The molecule has 0 aliphatic heterocycles. The van der Waals surface area contributed by atoms with E-state index in [2.05, 4.69) is 34.2 Å². The summed E-state index contributed by atoms with van der Waals surface area (Å²) in [5.74, 6) is 3.80. The minimum Gasteiger partial charge on any atom is -0.371 e. The highest BCUT2D eigenvalue weighted by Crippen LogP contribution is 2.31. The molecule has 0 spiro atoms. The molecular weight excluding hydrogens is 432 g/mol. The predicted molar refractivity (Wildman–Crippen MR) is 122 cm³/mol. The van der Waals surface area contributed by atoms with E-state index < -0.39 is 15.7 Å². The molecule has 7 nitrogen and oxygen atoms in total. The Hall–Kier alpha value is -2.80. The third kappa shape index (κ3) is 6.34. The Morgan fingerprint density at radius 2 is 1.97 bits per heavy atom. The number of benzene rings is 2. The van der Waals surface area contributed by atoms with Crippen LogP contribution < -0.4 is 9.32 Å². The average molecular weight is 457 g/mol. The van der Waals surface area contributed by atoms with Gasteiger partial charge in [-0.15, -0.1) is 18.2 Å². The number of nitrogens with two attached hydrogens (primary N) is 1. The smallest absolute Gasteiger partial charge is 0.371 e. The Morgan fingerprint density at radius 3 is 2.58 bits per heavy atom. The SMILES string of the molecule is C#CC(C)(C)c1cc(CSc2ccc(OS(N)(=O)=O)c(C)c2)cc(Cn2cncn2)c1. The van der Waals surface area contributed by atoms with Crippen LogP contribution >= 0.6 is 11.8 Å². The van der Waals surface area contributed by atoms with Crippen molar-refractivity contribution in [2.45, 2.75) is 43.4 Å². The quantitative estimate of drug-likeness (QED) is 0.412. The predicted octanol–water partition coefficient (Wildman–Crippen LogP) is 3.42. The zero-order valence-corrected chi connectivity index (χ0v) is 19.2. The summed E-state index contributed by atoms with van der Waals surface area (Å²) < 4.78 is 28.9. The number of nitrogens with zero attached hydrogens (tertiary/aromatic N) is 3. The second kappa shape index (κ2) is 9.14. The lowest BCUT2D eigenvalue weighted by molar-refractivity contribution is 0.485. The van der Waals surface area contributed by atoms with Crippen LogP contribution in [0.2, 0.25) is 0 Å². The van der Waals surface area contributed by atoms with Crippen LogP contribution in [0.3, 0.4) is 0 Å². The van der Waals surface area contributed by atoms with Crippen molar-refractivity contribution in [2.24, 2.45) is 5.14 Å². The molecule has 162 valence electrons. The molecule has 9 heteroatoms. The lowest BCUT2D eigenvalue weighted by Crippen LogP contribution is -2.19. The van der Waals surface area contributed by atoms with Gasteiger partial charge in [0.2, 0.25) is 0 Å². The molecule has 0 bridgehead atoms. The Bertz CT molecular complexity index is 1210. The van der Waals surface area contributed by atoms with Gasteiger partial charge >= 0.3 is 10.3 Å². The normalized spacial score (nSPS) is 11.8. The first kappa shape index (κ1) is 22.9. The largest absolute Gasteiger partial charge is 0.380 e. The average Bonchev–Trinajstić information content (AvgIpc) is 3.20. The van der Waals surface area contributed by atoms with Crippen molar-refractivity contribution >= 4 is 22.1 Å². The molecule has 0 aliphatic rings. The summed E-state index contributed by atoms with van der Waals surface area (Å²) in [4.78, 5) is 4.99. The molecule has 3 aromatic rings. The Morgan fingerprint density at radius 1 is 1.23 bits per heavy atom. The molecule has 0 amide bonds. The van der Waals surface area contributed by atoms with Gasteiger partial charge in [-0.05, 0) is 61.2 Å². The first-order valence-corrected chi connectivity index (χ1v) is 11.9. The maximum atomic E-state index is 11.2. The number of terminal acetylenes is 1. The summed E-state index contributed by atoms with van der Waals surface area (Å²) in [5.41, 5.74) is 3.57. The van der Waals surface area contributed by atoms with E-state index in [1.54, 1.807) is 35.8 Å². The molecule has 0 saturated heterocycles. The molecule has 0 saturated carbocycles. The molecule has 2 aromatic carbocycles. The van der Waals surface area contributed by atoms with E-state index in [-0.39, 0.29) is 5.75 Å². The van der Waals surface area contributed by atoms with Gasteiger partial charge in [-0.1, -0.05) is 24.1 Å². The first-order valence-electron chi connectivity index (χ1n) is 9.45. The van der Waals surface area contributed by atoms with Gasteiger partial charge in [0.15, 0.2) is 0 Å². The Balaban J connectivity index is 1.82. The maximum Gasteiger partial charge on any atom is 0.380 e. The minimum absolute atomic E-state index is 0.222. The fourth-order valence-electron chi connectivity index (χ4n) is 2.98. The summed E-state index contributed by atoms with van der Waals surface area (Å²) in [5, 5.41) is 9.14. The van der Waals surface area contributed by atoms with Crippen LogP contribution in [-0.2, 0) is 28.0 Å². The Kier molecular flexibility index (Phi) is 6.74. The van der Waals surface area contributed by atoms with E-state index in [1.807, 2.05) is 26.0 Å². The molecule has 31 heavy (non-hydrogen) atoms. The lowest BCUT2D eigenvalue weighted by Gasteiger charge is -2.20. The standard InChI is InChI=1S/C22H24N4O3S2/c1-5-22(3,4)19-10-17(12-26-15-24-14-25-26)9-18(11-19)13-30-20-6-7-21(16(2)8-20)29-31(23,27)28/h1,6-11,14-15H,12-13H2,2-4H3,(H2,23,27,28). The molecule has 1 heterocycles. The maximum absolute atomic E-state index is 11.2. The first-order chi connectivity index (χ1) is 14.6. The van der Waals surface area contributed by atoms with Gasteiger partial charge in [0.25, 0.3) is 0 Å². The number of hydrogen-bond donors (Lipinski definition) is 1. The van der Waals surface area contributed by atoms with Crippen molar-refractivity contribution < 1.29 is 12.6 Å². The molecule has 0 atom stereocenters. The van der Waals surface area contributed by atoms with Crippen molar-refractivity contribution in [2.75, 3.05) is 0 Å². The number of rotatable bonds is 8. The van der Waals surface area contributed by atoms with Gasteiger partial charge in [0.1, 0.15) is 18.4 Å². The van der Waals surface area contributed by atoms with Crippen LogP contribution in [0.25, 0.3) is 0 Å². The third-order valence-corrected chi connectivity index (χ3v) is 6.18. The van der Waals surface area contributed by atoms with E-state index in [1.165, 1.54) is 6.33 Å². The molecule has 0 radical (unpaired) electrons. The molecular formula is C22H24N4O3S2. The fourth-order valence-corrected chi connectivity index (χ4v) is 4.34. The van der Waals surface area contributed by atoms with Crippen LogP contribution in [0.4, 0.5) is 0 Å². The van der Waals surface area contributed by atoms with Crippen molar-refractivity contribution in [3.05, 3.63) is 71.3 Å². The van der Waals surface area contributed by atoms with Crippen LogP contribution in [0.1, 0.15) is 36.1 Å². The van der Waals surface area contributed by atoms with Crippen molar-refractivity contribution in [1.29, 1.82) is 0 Å². The highest BCUT2D eigenvalue weighted by atomic mass is 32.2. The van der Waals surface area contributed by atoms with E-state index in [4.69, 9.17) is 15.7 Å². The van der Waals surface area contributed by atoms with E-state index in [9.17, 15) is 8.42 Å². The van der Waals surface area contributed by atoms with E-state index in [0.717, 1.165) is 21.6 Å². The molecule has 0 unspecified atom stereocenters. The van der Waals surface area contributed by atoms with Crippen LogP contribution in [0.5, 0.6) is 5.75 Å². The van der Waals surface area contributed by atoms with Gasteiger partial charge in [-0.25, -0.2) is 9.67 Å². The number of thioether (sulfide) groups is 1. The molecule has 0 fully saturated rings. The number of hydrogen-bond acceptors (Lipinski definition) is 6. The van der Waals surface area contributed by atoms with Crippen LogP contribution in [-0.4, -0.2) is 23.2 Å². The third-order valence-electron chi connectivity index (χ3n) is 4.70. The highest BCUT2D eigenvalue weighted by molar-refractivity contribution is 7.98. The van der Waals surface area contributed by atoms with Crippen LogP contribution in [0.15, 0.2) is 53.9 Å². The van der Waals surface area contributed by atoms with Gasteiger partial charge in [0, 0.05) is 10.6 Å². The van der Waals surface area contributed by atoms with Crippen molar-refractivity contribution in [3.63, 3.8) is 0 Å². The molecule has 2 N–H and O–H groups in total. The summed E-state index contributed by atoms with van der Waals surface area (Å²) in [6.45, 7) is 6.42. The number of aryl methyl sites for hydroxylation is 1. The molecule has 0 aliphatic carbocycles. The Labute approximate surface area is 187 Å².